The van der Waals surface area contributed by atoms with Crippen LogP contribution >= 0.6 is 11.8 Å². The van der Waals surface area contributed by atoms with Gasteiger partial charge in [-0.25, -0.2) is 8.42 Å². The zero-order chi connectivity index (χ0) is 17.0. The Balaban J connectivity index is 2.39. The number of nitrogens with zero attached hydrogens (tertiary/aromatic N) is 1. The lowest BCUT2D eigenvalue weighted by Gasteiger charge is -2.21. The maximum Gasteiger partial charge on any atom is 0.264 e. The van der Waals surface area contributed by atoms with Gasteiger partial charge >= 0.3 is 0 Å². The Kier molecular flexibility index (Phi) is 5.43. The molecule has 0 aromatic heterocycles. The lowest BCUT2D eigenvalue weighted by Crippen LogP contribution is -2.26. The molecule has 0 N–H and O–H groups in total. The van der Waals surface area contributed by atoms with Crippen LogP contribution in [-0.2, 0) is 10.0 Å². The molecule has 2 aromatic carbocycles. The molecule has 0 unspecified atom stereocenters. The summed E-state index contributed by atoms with van der Waals surface area (Å²) in [5.74, 6) is 1.02. The van der Waals surface area contributed by atoms with Crippen molar-refractivity contribution < 1.29 is 17.9 Å². The van der Waals surface area contributed by atoms with Gasteiger partial charge in [0.05, 0.1) is 24.8 Å². The molecule has 0 atom stereocenters. The Labute approximate surface area is 141 Å². The summed E-state index contributed by atoms with van der Waals surface area (Å²) in [4.78, 5) is 1.25. The summed E-state index contributed by atoms with van der Waals surface area (Å²) >= 11 is 1.56. The molecule has 0 radical (unpaired) electrons. The molecule has 23 heavy (non-hydrogen) atoms. The van der Waals surface area contributed by atoms with E-state index in [4.69, 9.17) is 9.47 Å². The van der Waals surface area contributed by atoms with Crippen LogP contribution in [0, 0.1) is 0 Å². The van der Waals surface area contributed by atoms with E-state index in [9.17, 15) is 8.42 Å². The van der Waals surface area contributed by atoms with Crippen LogP contribution in [0.25, 0.3) is 0 Å². The molecule has 2 aromatic rings. The zero-order valence-electron chi connectivity index (χ0n) is 13.4. The monoisotopic (exact) mass is 353 g/mol. The minimum Gasteiger partial charge on any atom is -0.493 e. The maximum atomic E-state index is 12.7. The van der Waals surface area contributed by atoms with Crippen LogP contribution in [0.3, 0.4) is 0 Å². The Bertz CT molecular complexity index is 773. The molecule has 0 aliphatic rings. The van der Waals surface area contributed by atoms with Gasteiger partial charge in [-0.05, 0) is 42.7 Å². The standard InChI is InChI=1S/C16H19NO4S2/c1-17(12-5-10-15(20-2)16(11-12)21-3)23(18,19)14-8-6-13(22-4)7-9-14/h5-11H,1-4H3. The average Bonchev–Trinajstić information content (AvgIpc) is 2.60. The molecule has 0 heterocycles. The highest BCUT2D eigenvalue weighted by Crippen LogP contribution is 2.33. The number of rotatable bonds is 6. The van der Waals surface area contributed by atoms with E-state index in [0.717, 1.165) is 4.90 Å². The van der Waals surface area contributed by atoms with E-state index >= 15 is 0 Å². The first-order valence-corrected chi connectivity index (χ1v) is 9.45. The Morgan fingerprint density at radius 2 is 1.57 bits per heavy atom. The van der Waals surface area contributed by atoms with Gasteiger partial charge in [-0.2, -0.15) is 0 Å². The van der Waals surface area contributed by atoms with Crippen LogP contribution in [0.1, 0.15) is 0 Å². The second-order valence-electron chi connectivity index (χ2n) is 4.69. The van der Waals surface area contributed by atoms with Gasteiger partial charge in [-0.3, -0.25) is 4.31 Å². The average molecular weight is 353 g/mol. The third kappa shape index (κ3) is 3.56. The van der Waals surface area contributed by atoms with Crippen LogP contribution in [0.5, 0.6) is 11.5 Å². The van der Waals surface area contributed by atoms with Gasteiger partial charge in [0, 0.05) is 18.0 Å². The molecule has 0 aliphatic carbocycles. The van der Waals surface area contributed by atoms with Gasteiger partial charge in [0.25, 0.3) is 10.0 Å². The molecule has 0 fully saturated rings. The summed E-state index contributed by atoms with van der Waals surface area (Å²) in [7, 11) is 0.923. The summed E-state index contributed by atoms with van der Waals surface area (Å²) in [6.07, 6.45) is 1.94. The van der Waals surface area contributed by atoms with Gasteiger partial charge < -0.3 is 9.47 Å². The number of benzene rings is 2. The van der Waals surface area contributed by atoms with Gasteiger partial charge in [0.2, 0.25) is 0 Å². The summed E-state index contributed by atoms with van der Waals surface area (Å²) < 4.78 is 37.1. The third-order valence-electron chi connectivity index (χ3n) is 3.45. The number of sulfonamides is 1. The first kappa shape index (κ1) is 17.5. The quantitative estimate of drug-likeness (QED) is 0.746. The SMILES string of the molecule is COc1ccc(N(C)S(=O)(=O)c2ccc(SC)cc2)cc1OC. The van der Waals surface area contributed by atoms with E-state index in [1.807, 2.05) is 6.26 Å². The normalized spacial score (nSPS) is 11.1. The number of hydrogen-bond donors (Lipinski definition) is 0. The van der Waals surface area contributed by atoms with Crippen molar-refractivity contribution in [2.45, 2.75) is 9.79 Å². The fraction of sp³-hybridized carbons (Fsp3) is 0.250. The summed E-state index contributed by atoms with van der Waals surface area (Å²) in [5, 5.41) is 0. The van der Waals surface area contributed by atoms with Gasteiger partial charge in [-0.15, -0.1) is 11.8 Å². The smallest absolute Gasteiger partial charge is 0.264 e. The molecule has 124 valence electrons. The molecule has 0 amide bonds. The van der Waals surface area contributed by atoms with Crippen LogP contribution in [0.15, 0.2) is 52.3 Å². The number of hydrogen-bond acceptors (Lipinski definition) is 5. The largest absolute Gasteiger partial charge is 0.493 e. The van der Waals surface area contributed by atoms with E-state index in [1.165, 1.54) is 25.6 Å². The van der Waals surface area contributed by atoms with Gasteiger partial charge in [-0.1, -0.05) is 0 Å². The van der Waals surface area contributed by atoms with Crippen molar-refractivity contribution in [3.05, 3.63) is 42.5 Å². The predicted molar refractivity (Wildman–Crippen MR) is 93.4 cm³/mol. The summed E-state index contributed by atoms with van der Waals surface area (Å²) in [6.45, 7) is 0. The molecular formula is C16H19NO4S2. The van der Waals surface area contributed by atoms with E-state index in [-0.39, 0.29) is 4.90 Å². The molecule has 5 nitrogen and oxygen atoms in total. The number of ether oxygens (including phenoxy) is 2. The summed E-state index contributed by atoms with van der Waals surface area (Å²) in [5.41, 5.74) is 0.497. The van der Waals surface area contributed by atoms with E-state index in [2.05, 4.69) is 0 Å². The summed E-state index contributed by atoms with van der Waals surface area (Å²) in [6, 6.07) is 11.8. The van der Waals surface area contributed by atoms with Crippen LogP contribution in [0.2, 0.25) is 0 Å². The maximum absolute atomic E-state index is 12.7. The van der Waals surface area contributed by atoms with Crippen LogP contribution in [-0.4, -0.2) is 35.9 Å². The Hall–Kier alpha value is -1.86. The molecule has 0 saturated heterocycles. The van der Waals surface area contributed by atoms with Crippen molar-refractivity contribution in [2.24, 2.45) is 0 Å². The number of methoxy groups -OCH3 is 2. The number of anilines is 1. The lowest BCUT2D eigenvalue weighted by molar-refractivity contribution is 0.355. The van der Waals surface area contributed by atoms with Crippen LogP contribution in [0.4, 0.5) is 5.69 Å². The molecule has 0 aliphatic heterocycles. The molecule has 0 saturated carbocycles. The first-order chi connectivity index (χ1) is 10.9. The zero-order valence-corrected chi connectivity index (χ0v) is 15.1. The highest BCUT2D eigenvalue weighted by Gasteiger charge is 2.22. The molecule has 7 heteroatoms. The minimum absolute atomic E-state index is 0.243. The van der Waals surface area contributed by atoms with E-state index in [0.29, 0.717) is 17.2 Å². The highest BCUT2D eigenvalue weighted by atomic mass is 32.2. The number of thioether (sulfide) groups is 1. The van der Waals surface area contributed by atoms with Crippen molar-refractivity contribution in [1.29, 1.82) is 0 Å². The van der Waals surface area contributed by atoms with E-state index < -0.39 is 10.0 Å². The first-order valence-electron chi connectivity index (χ1n) is 6.79. The van der Waals surface area contributed by atoms with E-state index in [1.54, 1.807) is 54.2 Å². The van der Waals surface area contributed by atoms with Crippen molar-refractivity contribution in [3.8, 4) is 11.5 Å². The molecule has 0 bridgehead atoms. The topological polar surface area (TPSA) is 55.8 Å². The van der Waals surface area contributed by atoms with Crippen molar-refractivity contribution in [3.63, 3.8) is 0 Å². The van der Waals surface area contributed by atoms with Crippen molar-refractivity contribution >= 4 is 27.5 Å². The second kappa shape index (κ2) is 7.14. The second-order valence-corrected chi connectivity index (χ2v) is 7.54. The van der Waals surface area contributed by atoms with Gasteiger partial charge in [0.1, 0.15) is 0 Å². The Morgan fingerprint density at radius 3 is 2.09 bits per heavy atom. The fourth-order valence-corrected chi connectivity index (χ4v) is 3.66. The molecule has 2 rings (SSSR count). The molecular weight excluding hydrogens is 334 g/mol. The van der Waals surface area contributed by atoms with Crippen molar-refractivity contribution in [2.75, 3.05) is 31.8 Å². The Morgan fingerprint density at radius 1 is 0.957 bits per heavy atom. The van der Waals surface area contributed by atoms with Crippen molar-refractivity contribution in [1.82, 2.24) is 0 Å². The fourth-order valence-electron chi connectivity index (χ4n) is 2.07. The molecule has 0 spiro atoms. The van der Waals surface area contributed by atoms with Crippen LogP contribution < -0.4 is 13.8 Å². The minimum atomic E-state index is -3.63. The predicted octanol–water partition coefficient (Wildman–Crippen LogP) is 3.25. The third-order valence-corrected chi connectivity index (χ3v) is 5.99. The van der Waals surface area contributed by atoms with Gasteiger partial charge in [0.15, 0.2) is 11.5 Å². The highest BCUT2D eigenvalue weighted by molar-refractivity contribution is 7.98. The lowest BCUT2D eigenvalue weighted by atomic mass is 10.3.